The first-order valence-electron chi connectivity index (χ1n) is 7.13. The third kappa shape index (κ3) is 5.36. The average Bonchev–Trinajstić information content (AvgIpc) is 2.32. The second-order valence-electron chi connectivity index (χ2n) is 5.61. The summed E-state index contributed by atoms with van der Waals surface area (Å²) in [4.78, 5) is 2.56. The van der Waals surface area contributed by atoms with Gasteiger partial charge in [-0.05, 0) is 44.3 Å². The molecule has 1 fully saturated rings. The standard InChI is InChI=1S/C14H30N2O/c1-5-7-15-9-12(2)10-16-8-6-13(3)14(11-16)17-4/h12-15H,5-11H2,1-4H3. The molecule has 102 valence electrons. The molecule has 0 spiro atoms. The van der Waals surface area contributed by atoms with Gasteiger partial charge in [-0.1, -0.05) is 20.8 Å². The summed E-state index contributed by atoms with van der Waals surface area (Å²) in [6, 6.07) is 0. The number of piperidine rings is 1. The Bertz CT molecular complexity index is 199. The van der Waals surface area contributed by atoms with Gasteiger partial charge in [0, 0.05) is 20.2 Å². The smallest absolute Gasteiger partial charge is 0.0724 e. The van der Waals surface area contributed by atoms with Gasteiger partial charge in [0.25, 0.3) is 0 Å². The molecule has 0 amide bonds. The third-order valence-electron chi connectivity index (χ3n) is 3.77. The summed E-state index contributed by atoms with van der Waals surface area (Å²) in [6.45, 7) is 12.7. The number of methoxy groups -OCH3 is 1. The van der Waals surface area contributed by atoms with E-state index in [9.17, 15) is 0 Å². The normalized spacial score (nSPS) is 28.2. The first kappa shape index (κ1) is 14.9. The molecular formula is C14H30N2O. The molecule has 1 rings (SSSR count). The molecule has 0 aromatic carbocycles. The van der Waals surface area contributed by atoms with Crippen molar-refractivity contribution in [2.45, 2.75) is 39.7 Å². The van der Waals surface area contributed by atoms with E-state index in [2.05, 4.69) is 31.0 Å². The zero-order valence-electron chi connectivity index (χ0n) is 12.0. The predicted octanol–water partition coefficient (Wildman–Crippen LogP) is 1.98. The Labute approximate surface area is 107 Å². The summed E-state index contributed by atoms with van der Waals surface area (Å²) >= 11 is 0. The van der Waals surface area contributed by atoms with Gasteiger partial charge in [0.2, 0.25) is 0 Å². The Morgan fingerprint density at radius 3 is 2.88 bits per heavy atom. The van der Waals surface area contributed by atoms with Gasteiger partial charge in [-0.15, -0.1) is 0 Å². The van der Waals surface area contributed by atoms with Crippen LogP contribution in [-0.2, 0) is 4.74 Å². The number of nitrogens with one attached hydrogen (secondary N) is 1. The maximum Gasteiger partial charge on any atom is 0.0724 e. The lowest BCUT2D eigenvalue weighted by Crippen LogP contribution is -2.46. The molecule has 0 aromatic heterocycles. The Kier molecular flexibility index (Phi) is 7.09. The largest absolute Gasteiger partial charge is 0.380 e. The highest BCUT2D eigenvalue weighted by Gasteiger charge is 2.26. The van der Waals surface area contributed by atoms with E-state index in [1.54, 1.807) is 0 Å². The second kappa shape index (κ2) is 8.06. The van der Waals surface area contributed by atoms with Crippen molar-refractivity contribution >= 4 is 0 Å². The van der Waals surface area contributed by atoms with E-state index >= 15 is 0 Å². The summed E-state index contributed by atoms with van der Waals surface area (Å²) in [5.41, 5.74) is 0. The zero-order chi connectivity index (χ0) is 12.7. The van der Waals surface area contributed by atoms with Crippen molar-refractivity contribution in [1.29, 1.82) is 0 Å². The van der Waals surface area contributed by atoms with Crippen LogP contribution in [0.25, 0.3) is 0 Å². The number of nitrogens with zero attached hydrogens (tertiary/aromatic N) is 1. The Morgan fingerprint density at radius 2 is 2.24 bits per heavy atom. The van der Waals surface area contributed by atoms with Crippen molar-refractivity contribution in [1.82, 2.24) is 10.2 Å². The van der Waals surface area contributed by atoms with E-state index < -0.39 is 0 Å². The lowest BCUT2D eigenvalue weighted by atomic mass is 9.95. The molecule has 1 heterocycles. The van der Waals surface area contributed by atoms with Crippen LogP contribution in [0.1, 0.15) is 33.6 Å². The molecule has 1 aliphatic rings. The number of hydrogen-bond acceptors (Lipinski definition) is 3. The summed E-state index contributed by atoms with van der Waals surface area (Å²) in [7, 11) is 1.84. The number of rotatable bonds is 7. The molecule has 0 aromatic rings. The molecular weight excluding hydrogens is 212 g/mol. The van der Waals surface area contributed by atoms with Gasteiger partial charge in [-0.3, -0.25) is 0 Å². The highest BCUT2D eigenvalue weighted by Crippen LogP contribution is 2.19. The minimum Gasteiger partial charge on any atom is -0.380 e. The van der Waals surface area contributed by atoms with Gasteiger partial charge in [0.15, 0.2) is 0 Å². The predicted molar refractivity (Wildman–Crippen MR) is 73.3 cm³/mol. The van der Waals surface area contributed by atoms with Gasteiger partial charge < -0.3 is 15.0 Å². The fraction of sp³-hybridized carbons (Fsp3) is 1.00. The minimum absolute atomic E-state index is 0.430. The van der Waals surface area contributed by atoms with E-state index in [1.165, 1.54) is 25.9 Å². The van der Waals surface area contributed by atoms with Crippen LogP contribution in [-0.4, -0.2) is 50.8 Å². The van der Waals surface area contributed by atoms with Crippen LogP contribution in [0.2, 0.25) is 0 Å². The molecule has 0 saturated carbocycles. The summed E-state index contributed by atoms with van der Waals surface area (Å²) in [5.74, 6) is 1.44. The summed E-state index contributed by atoms with van der Waals surface area (Å²) in [6.07, 6.45) is 2.92. The van der Waals surface area contributed by atoms with Gasteiger partial charge in [0.05, 0.1) is 6.10 Å². The van der Waals surface area contributed by atoms with Crippen LogP contribution in [0, 0.1) is 11.8 Å². The van der Waals surface area contributed by atoms with Crippen molar-refractivity contribution < 1.29 is 4.74 Å². The van der Waals surface area contributed by atoms with Crippen LogP contribution < -0.4 is 5.32 Å². The number of likely N-dealkylation sites (tertiary alicyclic amines) is 1. The molecule has 0 aliphatic carbocycles. The topological polar surface area (TPSA) is 24.5 Å². The molecule has 3 heteroatoms. The Morgan fingerprint density at radius 1 is 1.47 bits per heavy atom. The second-order valence-corrected chi connectivity index (χ2v) is 5.61. The van der Waals surface area contributed by atoms with Gasteiger partial charge in [-0.25, -0.2) is 0 Å². The monoisotopic (exact) mass is 242 g/mol. The Balaban J connectivity index is 2.22. The van der Waals surface area contributed by atoms with Crippen molar-refractivity contribution in [2.75, 3.05) is 39.8 Å². The fourth-order valence-electron chi connectivity index (χ4n) is 2.60. The quantitative estimate of drug-likeness (QED) is 0.691. The molecule has 3 atom stereocenters. The average molecular weight is 242 g/mol. The molecule has 1 N–H and O–H groups in total. The van der Waals surface area contributed by atoms with Gasteiger partial charge in [-0.2, -0.15) is 0 Å². The third-order valence-corrected chi connectivity index (χ3v) is 3.77. The zero-order valence-corrected chi connectivity index (χ0v) is 12.0. The van der Waals surface area contributed by atoms with Gasteiger partial charge in [0.1, 0.15) is 0 Å². The first-order chi connectivity index (χ1) is 8.17. The van der Waals surface area contributed by atoms with Crippen LogP contribution in [0.15, 0.2) is 0 Å². The van der Waals surface area contributed by atoms with Crippen molar-refractivity contribution in [3.05, 3.63) is 0 Å². The van der Waals surface area contributed by atoms with E-state index in [4.69, 9.17) is 4.74 Å². The van der Waals surface area contributed by atoms with Crippen molar-refractivity contribution in [3.63, 3.8) is 0 Å². The van der Waals surface area contributed by atoms with Crippen molar-refractivity contribution in [3.8, 4) is 0 Å². The summed E-state index contributed by atoms with van der Waals surface area (Å²) in [5, 5.41) is 3.50. The molecule has 0 radical (unpaired) electrons. The lowest BCUT2D eigenvalue weighted by Gasteiger charge is -2.37. The SMILES string of the molecule is CCCNCC(C)CN1CCC(C)C(OC)C1. The molecule has 1 aliphatic heterocycles. The van der Waals surface area contributed by atoms with E-state index in [0.29, 0.717) is 12.0 Å². The molecule has 1 saturated heterocycles. The van der Waals surface area contributed by atoms with Crippen LogP contribution in [0.5, 0.6) is 0 Å². The van der Waals surface area contributed by atoms with Crippen LogP contribution in [0.4, 0.5) is 0 Å². The molecule has 3 unspecified atom stereocenters. The molecule has 17 heavy (non-hydrogen) atoms. The number of ether oxygens (including phenoxy) is 1. The van der Waals surface area contributed by atoms with Gasteiger partial charge >= 0.3 is 0 Å². The van der Waals surface area contributed by atoms with E-state index in [1.807, 2.05) is 7.11 Å². The highest BCUT2D eigenvalue weighted by atomic mass is 16.5. The fourth-order valence-corrected chi connectivity index (χ4v) is 2.60. The van der Waals surface area contributed by atoms with E-state index in [-0.39, 0.29) is 0 Å². The molecule has 0 bridgehead atoms. The van der Waals surface area contributed by atoms with E-state index in [0.717, 1.165) is 25.6 Å². The molecule has 3 nitrogen and oxygen atoms in total. The maximum atomic E-state index is 5.56. The first-order valence-corrected chi connectivity index (χ1v) is 7.13. The lowest BCUT2D eigenvalue weighted by molar-refractivity contribution is -0.00851. The minimum atomic E-state index is 0.430. The van der Waals surface area contributed by atoms with Crippen LogP contribution >= 0.6 is 0 Å². The number of hydrogen-bond donors (Lipinski definition) is 1. The van der Waals surface area contributed by atoms with Crippen LogP contribution in [0.3, 0.4) is 0 Å². The van der Waals surface area contributed by atoms with Crippen molar-refractivity contribution in [2.24, 2.45) is 11.8 Å². The maximum absolute atomic E-state index is 5.56. The summed E-state index contributed by atoms with van der Waals surface area (Å²) < 4.78 is 5.56. The highest BCUT2D eigenvalue weighted by molar-refractivity contribution is 4.79. The Hall–Kier alpha value is -0.120.